The van der Waals surface area contributed by atoms with Crippen molar-refractivity contribution in [3.8, 4) is 0 Å². The fourth-order valence-corrected chi connectivity index (χ4v) is 2.03. The van der Waals surface area contributed by atoms with Crippen LogP contribution < -0.4 is 5.32 Å². The Morgan fingerprint density at radius 1 is 1.59 bits per heavy atom. The van der Waals surface area contributed by atoms with Crippen molar-refractivity contribution in [3.05, 3.63) is 34.1 Å². The first-order valence-electron chi connectivity index (χ1n) is 5.42. The van der Waals surface area contributed by atoms with Gasteiger partial charge < -0.3 is 5.32 Å². The maximum atomic E-state index is 13.0. The second-order valence-electron chi connectivity index (χ2n) is 3.72. The summed E-state index contributed by atoms with van der Waals surface area (Å²) < 4.78 is 13.3. The standard InChI is InChI=1S/C12H14BrClFNO/c1-2-3-9(14)7-16-12(17)8-4-5-11(15)10(13)6-8/h4-6,9H,2-3,7H2,1H3,(H,16,17). The van der Waals surface area contributed by atoms with Crippen LogP contribution in [0.3, 0.4) is 0 Å². The first-order valence-corrected chi connectivity index (χ1v) is 6.64. The molecule has 2 nitrogen and oxygen atoms in total. The normalized spacial score (nSPS) is 12.2. The number of benzene rings is 1. The Kier molecular flexibility index (Phi) is 5.92. The van der Waals surface area contributed by atoms with Crippen LogP contribution in [0.5, 0.6) is 0 Å². The molecule has 0 aliphatic carbocycles. The predicted molar refractivity (Wildman–Crippen MR) is 71.0 cm³/mol. The number of carbonyl (C=O) groups excluding carboxylic acids is 1. The first kappa shape index (κ1) is 14.5. The molecule has 1 aromatic rings. The van der Waals surface area contributed by atoms with Crippen molar-refractivity contribution in [2.75, 3.05) is 6.54 Å². The van der Waals surface area contributed by atoms with E-state index in [0.29, 0.717) is 12.1 Å². The molecule has 1 amide bonds. The zero-order valence-electron chi connectivity index (χ0n) is 9.47. The Morgan fingerprint density at radius 3 is 2.88 bits per heavy atom. The van der Waals surface area contributed by atoms with Gasteiger partial charge in [0.1, 0.15) is 5.82 Å². The Labute approximate surface area is 114 Å². The molecule has 1 aromatic carbocycles. The van der Waals surface area contributed by atoms with Gasteiger partial charge in [-0.05, 0) is 40.5 Å². The first-order chi connectivity index (χ1) is 8.04. The van der Waals surface area contributed by atoms with Gasteiger partial charge in [-0.3, -0.25) is 4.79 Å². The monoisotopic (exact) mass is 321 g/mol. The zero-order chi connectivity index (χ0) is 12.8. The van der Waals surface area contributed by atoms with Crippen LogP contribution in [0.1, 0.15) is 30.1 Å². The van der Waals surface area contributed by atoms with Gasteiger partial charge in [0.25, 0.3) is 5.91 Å². The molecular weight excluding hydrogens is 308 g/mol. The van der Waals surface area contributed by atoms with Crippen LogP contribution in [0.4, 0.5) is 4.39 Å². The number of carbonyl (C=O) groups is 1. The molecule has 1 atom stereocenters. The topological polar surface area (TPSA) is 29.1 Å². The van der Waals surface area contributed by atoms with Crippen molar-refractivity contribution >= 4 is 33.4 Å². The third-order valence-electron chi connectivity index (χ3n) is 2.27. The molecule has 0 aliphatic heterocycles. The third-order valence-corrected chi connectivity index (χ3v) is 3.25. The summed E-state index contributed by atoms with van der Waals surface area (Å²) in [7, 11) is 0. The van der Waals surface area contributed by atoms with Gasteiger partial charge in [-0.2, -0.15) is 0 Å². The summed E-state index contributed by atoms with van der Waals surface area (Å²) in [4.78, 5) is 11.7. The predicted octanol–water partition coefficient (Wildman–Crippen LogP) is 3.73. The van der Waals surface area contributed by atoms with Gasteiger partial charge in [0.2, 0.25) is 0 Å². The van der Waals surface area contributed by atoms with Crippen LogP contribution >= 0.6 is 27.5 Å². The largest absolute Gasteiger partial charge is 0.351 e. The molecule has 1 rings (SSSR count). The molecule has 94 valence electrons. The highest BCUT2D eigenvalue weighted by molar-refractivity contribution is 9.10. The SMILES string of the molecule is CCCC(Cl)CNC(=O)c1ccc(F)c(Br)c1. The Balaban J connectivity index is 2.55. The molecule has 0 saturated carbocycles. The van der Waals surface area contributed by atoms with Gasteiger partial charge in [-0.15, -0.1) is 11.6 Å². The Bertz CT molecular complexity index is 400. The molecule has 0 heterocycles. The summed E-state index contributed by atoms with van der Waals surface area (Å²) in [5.74, 6) is -0.629. The lowest BCUT2D eigenvalue weighted by Crippen LogP contribution is -2.29. The van der Waals surface area contributed by atoms with Gasteiger partial charge in [-0.25, -0.2) is 4.39 Å². The van der Waals surface area contributed by atoms with Gasteiger partial charge in [0, 0.05) is 12.1 Å². The van der Waals surface area contributed by atoms with E-state index in [9.17, 15) is 9.18 Å². The lowest BCUT2D eigenvalue weighted by atomic mass is 10.2. The maximum absolute atomic E-state index is 13.0. The molecule has 17 heavy (non-hydrogen) atoms. The van der Waals surface area contributed by atoms with Gasteiger partial charge in [0.05, 0.1) is 9.85 Å². The van der Waals surface area contributed by atoms with E-state index in [0.717, 1.165) is 12.8 Å². The van der Waals surface area contributed by atoms with Gasteiger partial charge in [0.15, 0.2) is 0 Å². The van der Waals surface area contributed by atoms with Crippen LogP contribution in [0.15, 0.2) is 22.7 Å². The summed E-state index contributed by atoms with van der Waals surface area (Å²) in [5.41, 5.74) is 0.415. The van der Waals surface area contributed by atoms with E-state index < -0.39 is 0 Å². The minimum absolute atomic E-state index is 0.0622. The lowest BCUT2D eigenvalue weighted by molar-refractivity contribution is 0.0953. The molecule has 0 radical (unpaired) electrons. The van der Waals surface area contributed by atoms with Gasteiger partial charge >= 0.3 is 0 Å². The molecule has 1 unspecified atom stereocenters. The summed E-state index contributed by atoms with van der Waals surface area (Å²) in [5, 5.41) is 2.65. The van der Waals surface area contributed by atoms with Crippen LogP contribution in [0.2, 0.25) is 0 Å². The molecule has 0 fully saturated rings. The van der Waals surface area contributed by atoms with E-state index in [1.54, 1.807) is 0 Å². The van der Waals surface area contributed by atoms with Gasteiger partial charge in [-0.1, -0.05) is 13.3 Å². The fourth-order valence-electron chi connectivity index (χ4n) is 1.36. The molecule has 0 bridgehead atoms. The Hall–Kier alpha value is -0.610. The number of amides is 1. The molecule has 5 heteroatoms. The highest BCUT2D eigenvalue weighted by Gasteiger charge is 2.10. The van der Waals surface area contributed by atoms with E-state index in [1.165, 1.54) is 18.2 Å². The van der Waals surface area contributed by atoms with Crippen LogP contribution in [-0.4, -0.2) is 17.8 Å². The summed E-state index contributed by atoms with van der Waals surface area (Å²) in [6, 6.07) is 4.15. The number of rotatable bonds is 5. The van der Waals surface area contributed by atoms with E-state index in [1.807, 2.05) is 6.92 Å². The van der Waals surface area contributed by atoms with Crippen LogP contribution in [0, 0.1) is 5.82 Å². The lowest BCUT2D eigenvalue weighted by Gasteiger charge is -2.10. The average Bonchev–Trinajstić information content (AvgIpc) is 2.30. The van der Waals surface area contributed by atoms with Crippen LogP contribution in [0.25, 0.3) is 0 Å². The second-order valence-corrected chi connectivity index (χ2v) is 5.20. The van der Waals surface area contributed by atoms with E-state index in [4.69, 9.17) is 11.6 Å². The van der Waals surface area contributed by atoms with Crippen molar-refractivity contribution in [2.24, 2.45) is 0 Å². The number of nitrogens with one attached hydrogen (secondary N) is 1. The quantitative estimate of drug-likeness (QED) is 0.822. The summed E-state index contributed by atoms with van der Waals surface area (Å²) in [6.07, 6.45) is 1.83. The molecule has 0 aliphatic rings. The van der Waals surface area contributed by atoms with Crippen molar-refractivity contribution in [1.82, 2.24) is 5.32 Å². The Morgan fingerprint density at radius 2 is 2.29 bits per heavy atom. The van der Waals surface area contributed by atoms with E-state index >= 15 is 0 Å². The molecule has 0 saturated heterocycles. The van der Waals surface area contributed by atoms with Crippen molar-refractivity contribution in [2.45, 2.75) is 25.1 Å². The third kappa shape index (κ3) is 4.64. The van der Waals surface area contributed by atoms with E-state index in [2.05, 4.69) is 21.2 Å². The second kappa shape index (κ2) is 6.97. The molecule has 0 spiro atoms. The minimum Gasteiger partial charge on any atom is -0.351 e. The average molecular weight is 323 g/mol. The highest BCUT2D eigenvalue weighted by atomic mass is 79.9. The number of hydrogen-bond donors (Lipinski definition) is 1. The van der Waals surface area contributed by atoms with Crippen molar-refractivity contribution < 1.29 is 9.18 Å². The maximum Gasteiger partial charge on any atom is 0.251 e. The highest BCUT2D eigenvalue weighted by Crippen LogP contribution is 2.16. The minimum atomic E-state index is -0.386. The fraction of sp³-hybridized carbons (Fsp3) is 0.417. The number of alkyl halides is 1. The summed E-state index contributed by atoms with van der Waals surface area (Å²) in [6.45, 7) is 2.46. The van der Waals surface area contributed by atoms with Crippen molar-refractivity contribution in [3.63, 3.8) is 0 Å². The number of hydrogen-bond acceptors (Lipinski definition) is 1. The zero-order valence-corrected chi connectivity index (χ0v) is 11.8. The van der Waals surface area contributed by atoms with Crippen molar-refractivity contribution in [1.29, 1.82) is 0 Å². The van der Waals surface area contributed by atoms with E-state index in [-0.39, 0.29) is 21.6 Å². The van der Waals surface area contributed by atoms with Crippen LogP contribution in [-0.2, 0) is 0 Å². The molecule has 1 N–H and O–H groups in total. The smallest absolute Gasteiger partial charge is 0.251 e. The summed E-state index contributed by atoms with van der Waals surface area (Å²) >= 11 is 9.02. The number of halogens is 3. The molecule has 0 aromatic heterocycles. The molecular formula is C12H14BrClFNO.